The first kappa shape index (κ1) is 13.4. The van der Waals surface area contributed by atoms with Gasteiger partial charge >= 0.3 is 0 Å². The lowest BCUT2D eigenvalue weighted by atomic mass is 9.82. The fraction of sp³-hybridized carbons (Fsp3) is 0.625. The fourth-order valence-corrected chi connectivity index (χ4v) is 3.13. The Labute approximate surface area is 111 Å². The molecule has 2 atom stereocenters. The molecule has 1 fully saturated rings. The molecule has 1 saturated carbocycles. The van der Waals surface area contributed by atoms with Crippen molar-refractivity contribution in [3.63, 3.8) is 0 Å². The van der Waals surface area contributed by atoms with Crippen LogP contribution in [0.4, 0.5) is 0 Å². The van der Waals surface area contributed by atoms with E-state index in [1.165, 1.54) is 24.8 Å². The molecule has 2 unspecified atom stereocenters. The molecule has 1 aromatic rings. The van der Waals surface area contributed by atoms with Gasteiger partial charge in [-0.1, -0.05) is 31.5 Å². The highest BCUT2D eigenvalue weighted by Gasteiger charge is 2.25. The standard InChI is InChI=1S/C16H25NO/c1-11-4-5-16(14(7-11)10-17)18-15-8-12(2)6-13(3)9-15/h4-5,7,12-13,15H,6,8-10,17H2,1-3H3. The minimum absolute atomic E-state index is 0.358. The van der Waals surface area contributed by atoms with Gasteiger partial charge in [0.1, 0.15) is 5.75 Å². The molecule has 1 aliphatic carbocycles. The van der Waals surface area contributed by atoms with Crippen LogP contribution in [0.1, 0.15) is 44.2 Å². The molecule has 0 aromatic heterocycles. The number of ether oxygens (including phenoxy) is 1. The van der Waals surface area contributed by atoms with Crippen LogP contribution in [0.25, 0.3) is 0 Å². The van der Waals surface area contributed by atoms with Crippen LogP contribution in [-0.2, 0) is 6.54 Å². The quantitative estimate of drug-likeness (QED) is 0.884. The summed E-state index contributed by atoms with van der Waals surface area (Å²) in [6.45, 7) is 7.29. The summed E-state index contributed by atoms with van der Waals surface area (Å²) in [5, 5.41) is 0. The third kappa shape index (κ3) is 3.26. The predicted octanol–water partition coefficient (Wildman–Crippen LogP) is 3.66. The van der Waals surface area contributed by atoms with Crippen molar-refractivity contribution in [3.8, 4) is 5.75 Å². The summed E-state index contributed by atoms with van der Waals surface area (Å²) in [6.07, 6.45) is 4.03. The molecule has 0 bridgehead atoms. The Bertz CT molecular complexity index is 392. The normalized spacial score (nSPS) is 28.1. The lowest BCUT2D eigenvalue weighted by Crippen LogP contribution is -2.28. The van der Waals surface area contributed by atoms with Gasteiger partial charge in [-0.3, -0.25) is 0 Å². The van der Waals surface area contributed by atoms with Crippen LogP contribution < -0.4 is 10.5 Å². The van der Waals surface area contributed by atoms with E-state index >= 15 is 0 Å². The van der Waals surface area contributed by atoms with Gasteiger partial charge < -0.3 is 10.5 Å². The number of aryl methyl sites for hydroxylation is 1. The van der Waals surface area contributed by atoms with Crippen LogP contribution in [0.15, 0.2) is 18.2 Å². The molecular weight excluding hydrogens is 222 g/mol. The number of nitrogens with two attached hydrogens (primary N) is 1. The van der Waals surface area contributed by atoms with Gasteiger partial charge in [0.05, 0.1) is 6.10 Å². The van der Waals surface area contributed by atoms with Gasteiger partial charge in [-0.25, -0.2) is 0 Å². The summed E-state index contributed by atoms with van der Waals surface area (Å²) in [5.74, 6) is 2.52. The van der Waals surface area contributed by atoms with E-state index in [9.17, 15) is 0 Å². The second kappa shape index (κ2) is 5.75. The van der Waals surface area contributed by atoms with E-state index < -0.39 is 0 Å². The summed E-state index contributed by atoms with van der Waals surface area (Å²) >= 11 is 0. The smallest absolute Gasteiger partial charge is 0.124 e. The molecule has 1 aromatic carbocycles. The monoisotopic (exact) mass is 247 g/mol. The summed E-state index contributed by atoms with van der Waals surface area (Å²) in [5.41, 5.74) is 8.17. The molecule has 2 rings (SSSR count). The van der Waals surface area contributed by atoms with Crippen molar-refractivity contribution >= 4 is 0 Å². The lowest BCUT2D eigenvalue weighted by molar-refractivity contribution is 0.100. The van der Waals surface area contributed by atoms with E-state index in [2.05, 4.69) is 39.0 Å². The number of benzene rings is 1. The Morgan fingerprint density at radius 1 is 1.17 bits per heavy atom. The van der Waals surface area contributed by atoms with Gasteiger partial charge in [0, 0.05) is 12.1 Å². The average Bonchev–Trinajstić information content (AvgIpc) is 2.30. The largest absolute Gasteiger partial charge is 0.490 e. The first-order chi connectivity index (χ1) is 8.58. The van der Waals surface area contributed by atoms with Crippen molar-refractivity contribution in [2.24, 2.45) is 17.6 Å². The first-order valence-corrected chi connectivity index (χ1v) is 7.04. The third-order valence-corrected chi connectivity index (χ3v) is 3.86. The van der Waals surface area contributed by atoms with Crippen LogP contribution in [0.3, 0.4) is 0 Å². The van der Waals surface area contributed by atoms with E-state index in [4.69, 9.17) is 10.5 Å². The number of hydrogen-bond donors (Lipinski definition) is 1. The highest BCUT2D eigenvalue weighted by molar-refractivity contribution is 5.36. The maximum Gasteiger partial charge on any atom is 0.124 e. The van der Waals surface area contributed by atoms with E-state index in [0.717, 1.165) is 23.1 Å². The van der Waals surface area contributed by atoms with E-state index in [0.29, 0.717) is 12.6 Å². The second-order valence-electron chi connectivity index (χ2n) is 5.97. The molecule has 1 aliphatic rings. The molecule has 0 radical (unpaired) electrons. The minimum atomic E-state index is 0.358. The summed E-state index contributed by atoms with van der Waals surface area (Å²) in [6, 6.07) is 6.30. The lowest BCUT2D eigenvalue weighted by Gasteiger charge is -2.32. The maximum absolute atomic E-state index is 6.19. The Hall–Kier alpha value is -1.02. The molecule has 0 amide bonds. The molecule has 2 heteroatoms. The SMILES string of the molecule is Cc1ccc(OC2CC(C)CC(C)C2)c(CN)c1. The molecule has 18 heavy (non-hydrogen) atoms. The van der Waals surface area contributed by atoms with Crippen molar-refractivity contribution in [1.29, 1.82) is 0 Å². The van der Waals surface area contributed by atoms with Crippen LogP contribution in [0.2, 0.25) is 0 Å². The van der Waals surface area contributed by atoms with Gasteiger partial charge in [-0.2, -0.15) is 0 Å². The molecule has 2 nitrogen and oxygen atoms in total. The zero-order valence-corrected chi connectivity index (χ0v) is 11.8. The molecule has 100 valence electrons. The number of hydrogen-bond acceptors (Lipinski definition) is 2. The van der Waals surface area contributed by atoms with Gasteiger partial charge in [-0.05, 0) is 44.1 Å². The molecule has 0 aliphatic heterocycles. The van der Waals surface area contributed by atoms with E-state index in [1.807, 2.05) is 0 Å². The maximum atomic E-state index is 6.19. The van der Waals surface area contributed by atoms with Crippen LogP contribution in [-0.4, -0.2) is 6.10 Å². The average molecular weight is 247 g/mol. The van der Waals surface area contributed by atoms with Crippen LogP contribution >= 0.6 is 0 Å². The predicted molar refractivity (Wildman–Crippen MR) is 75.7 cm³/mol. The highest BCUT2D eigenvalue weighted by atomic mass is 16.5. The molecule has 0 saturated heterocycles. The van der Waals surface area contributed by atoms with Crippen molar-refractivity contribution in [1.82, 2.24) is 0 Å². The molecule has 0 heterocycles. The molecular formula is C16H25NO. The van der Waals surface area contributed by atoms with Gasteiger partial charge in [0.15, 0.2) is 0 Å². The van der Waals surface area contributed by atoms with E-state index in [1.54, 1.807) is 0 Å². The molecule has 0 spiro atoms. The van der Waals surface area contributed by atoms with E-state index in [-0.39, 0.29) is 0 Å². The van der Waals surface area contributed by atoms with Gasteiger partial charge in [-0.15, -0.1) is 0 Å². The number of rotatable bonds is 3. The fourth-order valence-electron chi connectivity index (χ4n) is 3.13. The van der Waals surface area contributed by atoms with Gasteiger partial charge in [0.25, 0.3) is 0 Å². The van der Waals surface area contributed by atoms with Crippen LogP contribution in [0, 0.1) is 18.8 Å². The van der Waals surface area contributed by atoms with Gasteiger partial charge in [0.2, 0.25) is 0 Å². The second-order valence-corrected chi connectivity index (χ2v) is 5.97. The summed E-state index contributed by atoms with van der Waals surface area (Å²) in [4.78, 5) is 0. The zero-order valence-electron chi connectivity index (χ0n) is 11.8. The highest BCUT2D eigenvalue weighted by Crippen LogP contribution is 2.32. The van der Waals surface area contributed by atoms with Crippen molar-refractivity contribution in [2.45, 2.75) is 52.7 Å². The van der Waals surface area contributed by atoms with Crippen molar-refractivity contribution in [2.75, 3.05) is 0 Å². The van der Waals surface area contributed by atoms with Crippen molar-refractivity contribution in [3.05, 3.63) is 29.3 Å². The summed E-state index contributed by atoms with van der Waals surface area (Å²) < 4.78 is 6.19. The Morgan fingerprint density at radius 3 is 2.44 bits per heavy atom. The third-order valence-electron chi connectivity index (χ3n) is 3.86. The minimum Gasteiger partial charge on any atom is -0.490 e. The summed E-state index contributed by atoms with van der Waals surface area (Å²) in [7, 11) is 0. The van der Waals surface area contributed by atoms with Crippen molar-refractivity contribution < 1.29 is 4.74 Å². The topological polar surface area (TPSA) is 35.2 Å². The first-order valence-electron chi connectivity index (χ1n) is 7.04. The van der Waals surface area contributed by atoms with Crippen LogP contribution in [0.5, 0.6) is 5.75 Å². The zero-order chi connectivity index (χ0) is 13.1. The molecule has 2 N–H and O–H groups in total. The Morgan fingerprint density at radius 2 is 1.83 bits per heavy atom. The Balaban J connectivity index is 2.08. The Kier molecular flexibility index (Phi) is 4.28.